The molecule has 3 rings (SSSR count). The molecule has 0 atom stereocenters. The summed E-state index contributed by atoms with van der Waals surface area (Å²) in [5.74, 6) is 1.19. The second-order valence-electron chi connectivity index (χ2n) is 5.62. The van der Waals surface area contributed by atoms with Crippen LogP contribution in [0.3, 0.4) is 0 Å². The van der Waals surface area contributed by atoms with Gasteiger partial charge in [-0.3, -0.25) is 9.36 Å². The number of rotatable bonds is 4. The molecule has 128 valence electrons. The third kappa shape index (κ3) is 3.56. The standard InChI is InChI=1S/C18H19N5OS/c1-11-12(2)23(13(3)21-11)18-19-9-15(10-20-18)22-17(24)14-5-7-16(25-4)8-6-14/h5-10H,1-4H3,(H,22,24). The van der Waals surface area contributed by atoms with Gasteiger partial charge in [-0.2, -0.15) is 0 Å². The summed E-state index contributed by atoms with van der Waals surface area (Å²) in [5, 5.41) is 2.81. The molecule has 3 aromatic rings. The average molecular weight is 353 g/mol. The van der Waals surface area contributed by atoms with E-state index in [1.165, 1.54) is 0 Å². The van der Waals surface area contributed by atoms with E-state index in [9.17, 15) is 4.79 Å². The van der Waals surface area contributed by atoms with E-state index in [0.29, 0.717) is 17.2 Å². The Balaban J connectivity index is 1.77. The van der Waals surface area contributed by atoms with Crippen molar-refractivity contribution in [2.24, 2.45) is 0 Å². The first-order valence-corrected chi connectivity index (χ1v) is 9.02. The lowest BCUT2D eigenvalue weighted by molar-refractivity contribution is 0.102. The predicted molar refractivity (Wildman–Crippen MR) is 99.5 cm³/mol. The number of aryl methyl sites for hydroxylation is 2. The number of carbonyl (C=O) groups is 1. The topological polar surface area (TPSA) is 72.7 Å². The zero-order valence-electron chi connectivity index (χ0n) is 14.6. The summed E-state index contributed by atoms with van der Waals surface area (Å²) in [6.07, 6.45) is 5.20. The molecule has 0 radical (unpaired) electrons. The fourth-order valence-electron chi connectivity index (χ4n) is 2.52. The first kappa shape index (κ1) is 17.2. The van der Waals surface area contributed by atoms with Crippen molar-refractivity contribution in [3.05, 3.63) is 59.4 Å². The fourth-order valence-corrected chi connectivity index (χ4v) is 2.93. The maximum absolute atomic E-state index is 12.3. The van der Waals surface area contributed by atoms with Crippen molar-refractivity contribution in [2.45, 2.75) is 25.7 Å². The molecule has 0 aliphatic heterocycles. The smallest absolute Gasteiger partial charge is 0.255 e. The molecule has 0 saturated carbocycles. The van der Waals surface area contributed by atoms with Gasteiger partial charge in [-0.15, -0.1) is 11.8 Å². The number of nitrogens with zero attached hydrogens (tertiary/aromatic N) is 4. The largest absolute Gasteiger partial charge is 0.319 e. The molecule has 0 aliphatic carbocycles. The van der Waals surface area contributed by atoms with Crippen LogP contribution in [0, 0.1) is 20.8 Å². The zero-order chi connectivity index (χ0) is 18.0. The molecule has 2 aromatic heterocycles. The summed E-state index contributed by atoms with van der Waals surface area (Å²) >= 11 is 1.64. The Labute approximate surface area is 150 Å². The highest BCUT2D eigenvalue weighted by atomic mass is 32.2. The van der Waals surface area contributed by atoms with Crippen LogP contribution in [0.1, 0.15) is 27.6 Å². The van der Waals surface area contributed by atoms with E-state index >= 15 is 0 Å². The predicted octanol–water partition coefficient (Wildman–Crippen LogP) is 3.56. The highest BCUT2D eigenvalue weighted by molar-refractivity contribution is 7.98. The molecule has 0 fully saturated rings. The monoisotopic (exact) mass is 353 g/mol. The lowest BCUT2D eigenvalue weighted by Gasteiger charge is -2.08. The van der Waals surface area contributed by atoms with Crippen molar-refractivity contribution in [1.29, 1.82) is 0 Å². The van der Waals surface area contributed by atoms with Gasteiger partial charge in [-0.05, 0) is 51.3 Å². The maximum atomic E-state index is 12.3. The highest BCUT2D eigenvalue weighted by Crippen LogP contribution is 2.17. The minimum Gasteiger partial charge on any atom is -0.319 e. The Kier molecular flexibility index (Phi) is 4.85. The third-order valence-electron chi connectivity index (χ3n) is 3.96. The SMILES string of the molecule is CSc1ccc(C(=O)Nc2cnc(-n3c(C)nc(C)c3C)nc2)cc1. The minimum absolute atomic E-state index is 0.185. The molecule has 7 heteroatoms. The fraction of sp³-hybridized carbons (Fsp3) is 0.222. The van der Waals surface area contributed by atoms with Gasteiger partial charge >= 0.3 is 0 Å². The van der Waals surface area contributed by atoms with Gasteiger partial charge in [-0.25, -0.2) is 15.0 Å². The van der Waals surface area contributed by atoms with Crippen LogP contribution in [0.2, 0.25) is 0 Å². The lowest BCUT2D eigenvalue weighted by Crippen LogP contribution is -2.13. The van der Waals surface area contributed by atoms with Crippen LogP contribution in [0.5, 0.6) is 0 Å². The molecule has 0 saturated heterocycles. The van der Waals surface area contributed by atoms with Crippen LogP contribution < -0.4 is 5.32 Å². The number of thioether (sulfide) groups is 1. The van der Waals surface area contributed by atoms with E-state index in [1.807, 2.05) is 43.7 Å². The lowest BCUT2D eigenvalue weighted by atomic mass is 10.2. The normalized spacial score (nSPS) is 10.7. The van der Waals surface area contributed by atoms with Crippen molar-refractivity contribution in [1.82, 2.24) is 19.5 Å². The Morgan fingerprint density at radius 3 is 2.24 bits per heavy atom. The van der Waals surface area contributed by atoms with Crippen LogP contribution in [-0.4, -0.2) is 31.7 Å². The number of anilines is 1. The van der Waals surface area contributed by atoms with Crippen LogP contribution in [0.25, 0.3) is 5.95 Å². The molecule has 0 bridgehead atoms. The second-order valence-corrected chi connectivity index (χ2v) is 6.50. The van der Waals surface area contributed by atoms with Crippen LogP contribution in [0.15, 0.2) is 41.6 Å². The Bertz CT molecular complexity index is 900. The van der Waals surface area contributed by atoms with Crippen molar-refractivity contribution >= 4 is 23.4 Å². The number of carbonyl (C=O) groups excluding carboxylic acids is 1. The van der Waals surface area contributed by atoms with E-state index in [2.05, 4.69) is 20.3 Å². The van der Waals surface area contributed by atoms with Crippen molar-refractivity contribution in [3.63, 3.8) is 0 Å². The average Bonchev–Trinajstić information content (AvgIpc) is 2.88. The molecule has 1 aromatic carbocycles. The third-order valence-corrected chi connectivity index (χ3v) is 4.70. The van der Waals surface area contributed by atoms with Crippen molar-refractivity contribution in [2.75, 3.05) is 11.6 Å². The van der Waals surface area contributed by atoms with Crippen LogP contribution >= 0.6 is 11.8 Å². The summed E-state index contributed by atoms with van der Waals surface area (Å²) in [7, 11) is 0. The molecule has 0 aliphatic rings. The number of hydrogen-bond acceptors (Lipinski definition) is 5. The number of benzene rings is 1. The van der Waals surface area contributed by atoms with Gasteiger partial charge in [0.2, 0.25) is 5.95 Å². The van der Waals surface area contributed by atoms with E-state index in [1.54, 1.807) is 36.3 Å². The van der Waals surface area contributed by atoms with Crippen LogP contribution in [0.4, 0.5) is 5.69 Å². The van der Waals surface area contributed by atoms with Gasteiger partial charge in [0.15, 0.2) is 0 Å². The number of nitrogens with one attached hydrogen (secondary N) is 1. The summed E-state index contributed by atoms with van der Waals surface area (Å²) in [4.78, 5) is 26.5. The van der Waals surface area contributed by atoms with Gasteiger partial charge in [0.1, 0.15) is 5.82 Å². The summed E-state index contributed by atoms with van der Waals surface area (Å²) < 4.78 is 1.89. The molecule has 1 N–H and O–H groups in total. The van der Waals surface area contributed by atoms with E-state index in [0.717, 1.165) is 22.1 Å². The Morgan fingerprint density at radius 1 is 1.08 bits per heavy atom. The highest BCUT2D eigenvalue weighted by Gasteiger charge is 2.12. The minimum atomic E-state index is -0.185. The first-order valence-electron chi connectivity index (χ1n) is 7.80. The second kappa shape index (κ2) is 7.06. The van der Waals surface area contributed by atoms with Gasteiger partial charge < -0.3 is 5.32 Å². The van der Waals surface area contributed by atoms with Crippen molar-refractivity contribution < 1.29 is 4.79 Å². The number of aromatic nitrogens is 4. The molecule has 2 heterocycles. The zero-order valence-corrected chi connectivity index (χ0v) is 15.4. The van der Waals surface area contributed by atoms with Gasteiger partial charge in [0.05, 0.1) is 23.8 Å². The number of imidazole rings is 1. The van der Waals surface area contributed by atoms with E-state index < -0.39 is 0 Å². The van der Waals surface area contributed by atoms with E-state index in [-0.39, 0.29) is 5.91 Å². The Hall–Kier alpha value is -2.67. The number of amides is 1. The summed E-state index contributed by atoms with van der Waals surface area (Å²) in [5.41, 5.74) is 3.10. The molecule has 6 nitrogen and oxygen atoms in total. The van der Waals surface area contributed by atoms with Gasteiger partial charge in [-0.1, -0.05) is 0 Å². The van der Waals surface area contributed by atoms with Gasteiger partial charge in [0.25, 0.3) is 5.91 Å². The molecule has 0 unspecified atom stereocenters. The maximum Gasteiger partial charge on any atom is 0.255 e. The van der Waals surface area contributed by atoms with Gasteiger partial charge in [0, 0.05) is 16.2 Å². The molecular weight excluding hydrogens is 334 g/mol. The van der Waals surface area contributed by atoms with E-state index in [4.69, 9.17) is 0 Å². The molecule has 0 spiro atoms. The summed E-state index contributed by atoms with van der Waals surface area (Å²) in [6.45, 7) is 5.85. The first-order chi connectivity index (χ1) is 12.0. The summed E-state index contributed by atoms with van der Waals surface area (Å²) in [6, 6.07) is 7.45. The van der Waals surface area contributed by atoms with Crippen LogP contribution in [-0.2, 0) is 0 Å². The number of hydrogen-bond donors (Lipinski definition) is 1. The molecule has 1 amide bonds. The Morgan fingerprint density at radius 2 is 1.72 bits per heavy atom. The molecular formula is C18H19N5OS. The molecule has 25 heavy (non-hydrogen) atoms. The van der Waals surface area contributed by atoms with Crippen molar-refractivity contribution in [3.8, 4) is 5.95 Å². The quantitative estimate of drug-likeness (QED) is 0.726.